The van der Waals surface area contributed by atoms with Crippen molar-refractivity contribution in [1.82, 2.24) is 10.2 Å². The van der Waals surface area contributed by atoms with Crippen LogP contribution in [0.5, 0.6) is 0 Å². The number of hydrogen-bond acceptors (Lipinski definition) is 1. The standard InChI is InChI=1S/C22H27N3.HI/c1-23-22(24-15-20-14-21(20)18-10-6-3-7-11-18)25-13-12-19(16-25)17-8-4-2-5-9-17;/h2-11,19-21H,12-16H2,1H3,(H,23,24);1H. The summed E-state index contributed by atoms with van der Waals surface area (Å²) in [6.45, 7) is 3.18. The zero-order chi connectivity index (χ0) is 17.1. The van der Waals surface area contributed by atoms with Crippen molar-refractivity contribution < 1.29 is 0 Å². The van der Waals surface area contributed by atoms with Crippen LogP contribution < -0.4 is 5.32 Å². The van der Waals surface area contributed by atoms with Gasteiger partial charge in [-0.05, 0) is 35.8 Å². The Morgan fingerprint density at radius 2 is 1.69 bits per heavy atom. The molecule has 4 heteroatoms. The summed E-state index contributed by atoms with van der Waals surface area (Å²) in [6.07, 6.45) is 2.50. The Morgan fingerprint density at radius 1 is 1.04 bits per heavy atom. The topological polar surface area (TPSA) is 27.6 Å². The Hall–Kier alpha value is -1.56. The van der Waals surface area contributed by atoms with Gasteiger partial charge in [-0.3, -0.25) is 4.99 Å². The lowest BCUT2D eigenvalue weighted by Crippen LogP contribution is -2.40. The van der Waals surface area contributed by atoms with Crippen LogP contribution in [0.3, 0.4) is 0 Å². The molecule has 0 radical (unpaired) electrons. The maximum atomic E-state index is 4.53. The molecular formula is C22H28IN3. The monoisotopic (exact) mass is 461 g/mol. The van der Waals surface area contributed by atoms with E-state index in [-0.39, 0.29) is 24.0 Å². The quantitative estimate of drug-likeness (QED) is 0.413. The number of halogens is 1. The molecule has 2 aromatic rings. The highest BCUT2D eigenvalue weighted by Crippen LogP contribution is 2.46. The van der Waals surface area contributed by atoms with E-state index in [1.54, 1.807) is 0 Å². The van der Waals surface area contributed by atoms with Crippen LogP contribution in [0.4, 0.5) is 0 Å². The molecule has 3 unspecified atom stereocenters. The Bertz CT molecular complexity index is 717. The van der Waals surface area contributed by atoms with Crippen LogP contribution in [0.15, 0.2) is 65.7 Å². The lowest BCUT2D eigenvalue weighted by molar-refractivity contribution is 0.483. The van der Waals surface area contributed by atoms with Gasteiger partial charge in [0, 0.05) is 32.6 Å². The number of guanidine groups is 1. The fourth-order valence-electron chi connectivity index (χ4n) is 4.09. The number of nitrogens with zero attached hydrogens (tertiary/aromatic N) is 2. The molecular weight excluding hydrogens is 433 g/mol. The largest absolute Gasteiger partial charge is 0.356 e. The normalized spacial score (nSPS) is 24.9. The molecule has 2 fully saturated rings. The fraction of sp³-hybridized carbons (Fsp3) is 0.409. The summed E-state index contributed by atoms with van der Waals surface area (Å²) in [7, 11) is 1.90. The molecule has 0 bridgehead atoms. The summed E-state index contributed by atoms with van der Waals surface area (Å²) in [5, 5.41) is 3.62. The highest BCUT2D eigenvalue weighted by atomic mass is 127. The number of benzene rings is 2. The van der Waals surface area contributed by atoms with Gasteiger partial charge >= 0.3 is 0 Å². The minimum atomic E-state index is 0. The lowest BCUT2D eigenvalue weighted by Gasteiger charge is -2.22. The van der Waals surface area contributed by atoms with Crippen LogP contribution >= 0.6 is 24.0 Å². The van der Waals surface area contributed by atoms with Crippen LogP contribution in [0.1, 0.15) is 35.8 Å². The van der Waals surface area contributed by atoms with Gasteiger partial charge in [0.2, 0.25) is 0 Å². The second kappa shape index (κ2) is 8.89. The summed E-state index contributed by atoms with van der Waals surface area (Å²) in [4.78, 5) is 6.94. The van der Waals surface area contributed by atoms with Crippen molar-refractivity contribution in [2.75, 3.05) is 26.7 Å². The molecule has 4 rings (SSSR count). The molecule has 1 saturated heterocycles. The number of likely N-dealkylation sites (tertiary alicyclic amines) is 1. The number of nitrogens with one attached hydrogen (secondary N) is 1. The van der Waals surface area contributed by atoms with E-state index in [0.717, 1.165) is 37.4 Å². The molecule has 0 spiro atoms. The average Bonchev–Trinajstić information content (AvgIpc) is 3.29. The first-order chi connectivity index (χ1) is 12.3. The van der Waals surface area contributed by atoms with Crippen LogP contribution in [-0.2, 0) is 0 Å². The number of hydrogen-bond donors (Lipinski definition) is 1. The van der Waals surface area contributed by atoms with Gasteiger partial charge in [0.1, 0.15) is 0 Å². The van der Waals surface area contributed by atoms with E-state index in [0.29, 0.717) is 5.92 Å². The average molecular weight is 461 g/mol. The van der Waals surface area contributed by atoms with Crippen molar-refractivity contribution in [3.8, 4) is 0 Å². The van der Waals surface area contributed by atoms with Crippen molar-refractivity contribution in [3.63, 3.8) is 0 Å². The zero-order valence-electron chi connectivity index (χ0n) is 15.3. The van der Waals surface area contributed by atoms with Crippen LogP contribution in [0.25, 0.3) is 0 Å². The molecule has 26 heavy (non-hydrogen) atoms. The summed E-state index contributed by atoms with van der Waals surface area (Å²) in [5.41, 5.74) is 2.93. The van der Waals surface area contributed by atoms with Gasteiger partial charge in [-0.15, -0.1) is 24.0 Å². The number of aliphatic imine (C=N–C) groups is 1. The van der Waals surface area contributed by atoms with E-state index in [1.807, 2.05) is 7.05 Å². The molecule has 138 valence electrons. The first kappa shape index (κ1) is 19.2. The van der Waals surface area contributed by atoms with E-state index < -0.39 is 0 Å². The third kappa shape index (κ3) is 4.40. The van der Waals surface area contributed by atoms with E-state index >= 15 is 0 Å². The minimum Gasteiger partial charge on any atom is -0.356 e. The lowest BCUT2D eigenvalue weighted by atomic mass is 9.99. The summed E-state index contributed by atoms with van der Waals surface area (Å²) >= 11 is 0. The Balaban J connectivity index is 0.00000196. The van der Waals surface area contributed by atoms with Crippen LogP contribution in [0, 0.1) is 5.92 Å². The van der Waals surface area contributed by atoms with Gasteiger partial charge in [-0.2, -0.15) is 0 Å². The van der Waals surface area contributed by atoms with Gasteiger partial charge in [0.25, 0.3) is 0 Å². The predicted octanol–water partition coefficient (Wildman–Crippen LogP) is 4.47. The van der Waals surface area contributed by atoms with Crippen molar-refractivity contribution in [2.45, 2.75) is 24.7 Å². The van der Waals surface area contributed by atoms with E-state index in [2.05, 4.69) is 75.9 Å². The van der Waals surface area contributed by atoms with Crippen molar-refractivity contribution in [2.24, 2.45) is 10.9 Å². The highest BCUT2D eigenvalue weighted by Gasteiger charge is 2.38. The molecule has 1 heterocycles. The first-order valence-corrected chi connectivity index (χ1v) is 9.40. The molecule has 1 aliphatic carbocycles. The van der Waals surface area contributed by atoms with Gasteiger partial charge < -0.3 is 10.2 Å². The zero-order valence-corrected chi connectivity index (χ0v) is 17.7. The highest BCUT2D eigenvalue weighted by molar-refractivity contribution is 14.0. The van der Waals surface area contributed by atoms with E-state index in [4.69, 9.17) is 0 Å². The SMILES string of the molecule is CN=C(NCC1CC1c1ccccc1)N1CCC(c2ccccc2)C1.I. The first-order valence-electron chi connectivity index (χ1n) is 9.40. The molecule has 1 N–H and O–H groups in total. The third-order valence-electron chi connectivity index (χ3n) is 5.64. The maximum absolute atomic E-state index is 4.53. The van der Waals surface area contributed by atoms with Crippen molar-refractivity contribution in [1.29, 1.82) is 0 Å². The smallest absolute Gasteiger partial charge is 0.193 e. The Kier molecular flexibility index (Phi) is 6.57. The van der Waals surface area contributed by atoms with Gasteiger partial charge in [0.15, 0.2) is 5.96 Å². The summed E-state index contributed by atoms with van der Waals surface area (Å²) in [5.74, 6) is 3.16. The van der Waals surface area contributed by atoms with Gasteiger partial charge in [0.05, 0.1) is 0 Å². The molecule has 0 aromatic heterocycles. The summed E-state index contributed by atoms with van der Waals surface area (Å²) in [6, 6.07) is 21.8. The molecule has 2 aliphatic rings. The minimum absolute atomic E-state index is 0. The van der Waals surface area contributed by atoms with E-state index in [1.165, 1.54) is 24.0 Å². The molecule has 2 aromatic carbocycles. The van der Waals surface area contributed by atoms with Crippen molar-refractivity contribution in [3.05, 3.63) is 71.8 Å². The van der Waals surface area contributed by atoms with Crippen LogP contribution in [-0.4, -0.2) is 37.5 Å². The Labute approximate surface area is 173 Å². The summed E-state index contributed by atoms with van der Waals surface area (Å²) < 4.78 is 0. The van der Waals surface area contributed by atoms with Gasteiger partial charge in [-0.1, -0.05) is 60.7 Å². The fourth-order valence-corrected chi connectivity index (χ4v) is 4.09. The van der Waals surface area contributed by atoms with E-state index in [9.17, 15) is 0 Å². The second-order valence-corrected chi connectivity index (χ2v) is 7.28. The number of rotatable bonds is 4. The molecule has 3 atom stereocenters. The predicted molar refractivity (Wildman–Crippen MR) is 119 cm³/mol. The Morgan fingerprint density at radius 3 is 2.35 bits per heavy atom. The second-order valence-electron chi connectivity index (χ2n) is 7.28. The van der Waals surface area contributed by atoms with Gasteiger partial charge in [-0.25, -0.2) is 0 Å². The third-order valence-corrected chi connectivity index (χ3v) is 5.64. The van der Waals surface area contributed by atoms with Crippen LogP contribution in [0.2, 0.25) is 0 Å². The molecule has 1 aliphatic heterocycles. The molecule has 0 amide bonds. The van der Waals surface area contributed by atoms with Crippen molar-refractivity contribution >= 4 is 29.9 Å². The molecule has 3 nitrogen and oxygen atoms in total. The molecule has 1 saturated carbocycles. The maximum Gasteiger partial charge on any atom is 0.193 e.